The number of aromatic nitrogens is 3. The molecule has 0 saturated carbocycles. The van der Waals surface area contributed by atoms with E-state index >= 15 is 0 Å². The van der Waals surface area contributed by atoms with Crippen LogP contribution in [0.25, 0.3) is 0 Å². The highest BCUT2D eigenvalue weighted by atomic mass is 35.5. The van der Waals surface area contributed by atoms with Crippen molar-refractivity contribution in [3.05, 3.63) is 11.1 Å². The van der Waals surface area contributed by atoms with Gasteiger partial charge in [-0.1, -0.05) is 47.5 Å². The zero-order valence-corrected chi connectivity index (χ0v) is 12.4. The van der Waals surface area contributed by atoms with Gasteiger partial charge in [-0.05, 0) is 23.9 Å². The zero-order chi connectivity index (χ0) is 13.1. The Kier molecular flexibility index (Phi) is 4.99. The molecular weight excluding hydrogens is 234 g/mol. The first-order chi connectivity index (χ1) is 7.82. The molecule has 4 heteroatoms. The molecule has 17 heavy (non-hydrogen) atoms. The van der Waals surface area contributed by atoms with Gasteiger partial charge in [-0.15, -0.1) is 10.2 Å². The van der Waals surface area contributed by atoms with E-state index in [4.69, 9.17) is 11.6 Å². The van der Waals surface area contributed by atoms with Gasteiger partial charge < -0.3 is 4.57 Å². The molecule has 0 saturated heterocycles. The van der Waals surface area contributed by atoms with Crippen LogP contribution in [0.3, 0.4) is 0 Å². The Morgan fingerprint density at radius 1 is 1.18 bits per heavy atom. The second-order valence-corrected chi connectivity index (χ2v) is 6.42. The summed E-state index contributed by atoms with van der Waals surface area (Å²) < 4.78 is 2.04. The molecule has 1 rings (SSSR count). The molecule has 0 radical (unpaired) electrons. The molecule has 0 aliphatic rings. The average Bonchev–Trinajstić information content (AvgIpc) is 2.54. The van der Waals surface area contributed by atoms with Crippen molar-refractivity contribution in [2.24, 2.45) is 5.92 Å². The van der Waals surface area contributed by atoms with Gasteiger partial charge in [-0.25, -0.2) is 0 Å². The highest BCUT2D eigenvalue weighted by molar-refractivity contribution is 6.28. The van der Waals surface area contributed by atoms with Crippen molar-refractivity contribution < 1.29 is 0 Å². The van der Waals surface area contributed by atoms with Crippen molar-refractivity contribution in [1.82, 2.24) is 14.8 Å². The first-order valence-electron chi connectivity index (χ1n) is 6.41. The zero-order valence-electron chi connectivity index (χ0n) is 11.6. The second-order valence-electron chi connectivity index (χ2n) is 6.08. The molecule has 3 nitrogen and oxygen atoms in total. The molecule has 98 valence electrons. The van der Waals surface area contributed by atoms with E-state index in [-0.39, 0.29) is 5.41 Å². The summed E-state index contributed by atoms with van der Waals surface area (Å²) in [5.41, 5.74) is -0.00180. The number of rotatable bonds is 5. The fourth-order valence-electron chi connectivity index (χ4n) is 1.86. The number of nitrogens with zero attached hydrogens (tertiary/aromatic N) is 3. The lowest BCUT2D eigenvalue weighted by atomic mass is 9.95. The predicted molar refractivity (Wildman–Crippen MR) is 72.4 cm³/mol. The van der Waals surface area contributed by atoms with Crippen molar-refractivity contribution >= 4 is 11.6 Å². The van der Waals surface area contributed by atoms with E-state index in [2.05, 4.69) is 44.8 Å². The molecule has 0 aliphatic carbocycles. The first-order valence-corrected chi connectivity index (χ1v) is 6.79. The van der Waals surface area contributed by atoms with Crippen LogP contribution in [-0.4, -0.2) is 14.8 Å². The van der Waals surface area contributed by atoms with Crippen molar-refractivity contribution in [3.63, 3.8) is 0 Å². The lowest BCUT2D eigenvalue weighted by Crippen LogP contribution is -2.19. The van der Waals surface area contributed by atoms with Crippen LogP contribution in [0.2, 0.25) is 5.28 Å². The van der Waals surface area contributed by atoms with Gasteiger partial charge in [0.25, 0.3) is 0 Å². The molecule has 0 bridgehead atoms. The minimum Gasteiger partial charge on any atom is -0.301 e. The Morgan fingerprint density at radius 2 is 1.82 bits per heavy atom. The van der Waals surface area contributed by atoms with Gasteiger partial charge in [-0.3, -0.25) is 0 Å². The summed E-state index contributed by atoms with van der Waals surface area (Å²) in [6.07, 6.45) is 3.64. The molecule has 1 aromatic heterocycles. The van der Waals surface area contributed by atoms with E-state index in [1.54, 1.807) is 0 Å². The highest BCUT2D eigenvalue weighted by Crippen LogP contribution is 2.23. The lowest BCUT2D eigenvalue weighted by Gasteiger charge is -2.19. The third kappa shape index (κ3) is 4.30. The van der Waals surface area contributed by atoms with Gasteiger partial charge in [0.1, 0.15) is 5.82 Å². The van der Waals surface area contributed by atoms with Crippen molar-refractivity contribution in [2.75, 3.05) is 0 Å². The summed E-state index contributed by atoms with van der Waals surface area (Å²) >= 11 is 6.08. The van der Waals surface area contributed by atoms with Crippen LogP contribution in [0.1, 0.15) is 59.7 Å². The van der Waals surface area contributed by atoms with Gasteiger partial charge in [0, 0.05) is 12.0 Å². The standard InChI is InChI=1S/C13H24ClN3/c1-10(2)8-6-7-9-17-11(13(3,4)5)15-16-12(17)14/h10H,6-9H2,1-5H3. The number of hydrogen-bond acceptors (Lipinski definition) is 2. The Balaban J connectivity index is 2.61. The van der Waals surface area contributed by atoms with E-state index in [9.17, 15) is 0 Å². The Hall–Kier alpha value is -0.570. The molecule has 0 aliphatic heterocycles. The molecule has 0 fully saturated rings. The molecule has 0 unspecified atom stereocenters. The SMILES string of the molecule is CC(C)CCCCn1c(Cl)nnc1C(C)(C)C. The van der Waals surface area contributed by atoms with Crippen molar-refractivity contribution in [3.8, 4) is 0 Å². The highest BCUT2D eigenvalue weighted by Gasteiger charge is 2.22. The Bertz CT molecular complexity index is 350. The van der Waals surface area contributed by atoms with E-state index in [1.807, 2.05) is 4.57 Å². The monoisotopic (exact) mass is 257 g/mol. The molecule has 1 heterocycles. The second kappa shape index (κ2) is 5.85. The van der Waals surface area contributed by atoms with E-state index in [0.29, 0.717) is 5.28 Å². The maximum atomic E-state index is 6.08. The van der Waals surface area contributed by atoms with Crippen LogP contribution in [0.15, 0.2) is 0 Å². The van der Waals surface area contributed by atoms with Gasteiger partial charge >= 0.3 is 0 Å². The van der Waals surface area contributed by atoms with Crippen LogP contribution >= 0.6 is 11.6 Å². The fraction of sp³-hybridized carbons (Fsp3) is 0.846. The molecule has 1 aromatic rings. The molecule has 0 spiro atoms. The van der Waals surface area contributed by atoms with E-state index in [0.717, 1.165) is 24.7 Å². The van der Waals surface area contributed by atoms with Gasteiger partial charge in [0.2, 0.25) is 5.28 Å². The first kappa shape index (κ1) is 14.5. The van der Waals surface area contributed by atoms with Gasteiger partial charge in [0.05, 0.1) is 0 Å². The molecule has 0 N–H and O–H groups in total. The van der Waals surface area contributed by atoms with Crippen LogP contribution in [0.4, 0.5) is 0 Å². The van der Waals surface area contributed by atoms with Crippen molar-refractivity contribution in [2.45, 2.75) is 65.8 Å². The van der Waals surface area contributed by atoms with Crippen LogP contribution in [0, 0.1) is 5.92 Å². The van der Waals surface area contributed by atoms with E-state index < -0.39 is 0 Å². The van der Waals surface area contributed by atoms with Crippen LogP contribution in [0.5, 0.6) is 0 Å². The third-order valence-corrected chi connectivity index (χ3v) is 3.07. The Labute approximate surface area is 110 Å². The van der Waals surface area contributed by atoms with Gasteiger partial charge in [-0.2, -0.15) is 0 Å². The summed E-state index contributed by atoms with van der Waals surface area (Å²) in [5, 5.41) is 8.67. The summed E-state index contributed by atoms with van der Waals surface area (Å²) in [5.74, 6) is 1.75. The van der Waals surface area contributed by atoms with E-state index in [1.165, 1.54) is 12.8 Å². The molecular formula is C13H24ClN3. The maximum absolute atomic E-state index is 6.08. The Morgan fingerprint density at radius 3 is 2.35 bits per heavy atom. The predicted octanol–water partition coefficient (Wildman–Crippen LogP) is 4.06. The van der Waals surface area contributed by atoms with Crippen molar-refractivity contribution in [1.29, 1.82) is 0 Å². The summed E-state index contributed by atoms with van der Waals surface area (Å²) in [7, 11) is 0. The smallest absolute Gasteiger partial charge is 0.225 e. The minimum absolute atomic E-state index is 0.00180. The van der Waals surface area contributed by atoms with Crippen LogP contribution < -0.4 is 0 Å². The lowest BCUT2D eigenvalue weighted by molar-refractivity contribution is 0.466. The van der Waals surface area contributed by atoms with Gasteiger partial charge in [0.15, 0.2) is 0 Å². The normalized spacial score (nSPS) is 12.4. The minimum atomic E-state index is -0.00180. The summed E-state index contributed by atoms with van der Waals surface area (Å²) in [6, 6.07) is 0. The quantitative estimate of drug-likeness (QED) is 0.745. The summed E-state index contributed by atoms with van der Waals surface area (Å²) in [6.45, 7) is 11.8. The molecule has 0 atom stereocenters. The third-order valence-electron chi connectivity index (χ3n) is 2.79. The average molecular weight is 258 g/mol. The fourth-order valence-corrected chi connectivity index (χ4v) is 2.06. The number of halogens is 1. The topological polar surface area (TPSA) is 30.7 Å². The van der Waals surface area contributed by atoms with Crippen LogP contribution in [-0.2, 0) is 12.0 Å². The largest absolute Gasteiger partial charge is 0.301 e. The number of hydrogen-bond donors (Lipinski definition) is 0. The summed E-state index contributed by atoms with van der Waals surface area (Å²) in [4.78, 5) is 0. The molecule has 0 aromatic carbocycles. The number of unbranched alkanes of at least 4 members (excludes halogenated alkanes) is 1. The molecule has 0 amide bonds. The maximum Gasteiger partial charge on any atom is 0.225 e.